The number of halogens is 3. The zero-order valence-corrected chi connectivity index (χ0v) is 14.3. The molecule has 0 bridgehead atoms. The van der Waals surface area contributed by atoms with Crippen LogP contribution in [0.1, 0.15) is 15.9 Å². The van der Waals surface area contributed by atoms with E-state index in [1.807, 2.05) is 0 Å². The Labute approximate surface area is 152 Å². The molecule has 1 aromatic rings. The molecule has 0 aliphatic carbocycles. The third-order valence-electron chi connectivity index (χ3n) is 4.44. The van der Waals surface area contributed by atoms with Crippen LogP contribution in [0.2, 0.25) is 0 Å². The standard InChI is InChI=1S/C17H18F3NO6/c1-24-13(22)8-25-12-7-27-14-11(6-26-15(12)14)21-16(23)9-2-4-10(5-3-9)17(18,19)20/h2-5,11-12,14-15H,6-8H2,1H3,(H,21,23)/t11-,12+,14+,15+/m0/s1. The van der Waals surface area contributed by atoms with Crippen molar-refractivity contribution in [2.24, 2.45) is 0 Å². The van der Waals surface area contributed by atoms with Gasteiger partial charge in [0.1, 0.15) is 24.9 Å². The van der Waals surface area contributed by atoms with E-state index in [9.17, 15) is 22.8 Å². The van der Waals surface area contributed by atoms with Crippen molar-refractivity contribution in [3.63, 3.8) is 0 Å². The molecule has 2 fully saturated rings. The number of benzene rings is 1. The van der Waals surface area contributed by atoms with E-state index in [0.717, 1.165) is 24.3 Å². The number of carbonyl (C=O) groups excluding carboxylic acids is 2. The first-order valence-corrected chi connectivity index (χ1v) is 8.19. The summed E-state index contributed by atoms with van der Waals surface area (Å²) in [7, 11) is 1.25. The third kappa shape index (κ3) is 4.40. The predicted octanol–water partition coefficient (Wildman–Crippen LogP) is 1.16. The summed E-state index contributed by atoms with van der Waals surface area (Å²) in [6, 6.07) is 3.46. The Morgan fingerprint density at radius 2 is 1.81 bits per heavy atom. The normalized spacial score (nSPS) is 27.3. The molecule has 7 nitrogen and oxygen atoms in total. The van der Waals surface area contributed by atoms with E-state index in [2.05, 4.69) is 10.1 Å². The Morgan fingerprint density at radius 1 is 1.15 bits per heavy atom. The fraction of sp³-hybridized carbons (Fsp3) is 0.529. The summed E-state index contributed by atoms with van der Waals surface area (Å²) in [5.74, 6) is -1.05. The van der Waals surface area contributed by atoms with Crippen LogP contribution in [-0.2, 0) is 29.9 Å². The van der Waals surface area contributed by atoms with Gasteiger partial charge in [0.15, 0.2) is 0 Å². The third-order valence-corrected chi connectivity index (χ3v) is 4.44. The Bertz CT molecular complexity index is 693. The summed E-state index contributed by atoms with van der Waals surface area (Å²) >= 11 is 0. The van der Waals surface area contributed by atoms with Crippen LogP contribution in [0.15, 0.2) is 24.3 Å². The largest absolute Gasteiger partial charge is 0.467 e. The average Bonchev–Trinajstić information content (AvgIpc) is 3.22. The molecule has 2 heterocycles. The van der Waals surface area contributed by atoms with Gasteiger partial charge in [-0.3, -0.25) is 4.79 Å². The number of rotatable bonds is 5. The number of ether oxygens (including phenoxy) is 4. The fourth-order valence-corrected chi connectivity index (χ4v) is 3.03. The second-order valence-corrected chi connectivity index (χ2v) is 6.18. The lowest BCUT2D eigenvalue weighted by Gasteiger charge is -2.18. The van der Waals surface area contributed by atoms with Crippen LogP contribution in [0, 0.1) is 0 Å². The summed E-state index contributed by atoms with van der Waals surface area (Å²) in [5.41, 5.74) is -0.726. The number of hydrogen-bond donors (Lipinski definition) is 1. The Kier molecular flexibility index (Phi) is 5.68. The maximum Gasteiger partial charge on any atom is 0.416 e. The SMILES string of the molecule is COC(=O)CO[C@@H]1CO[C@H]2[C@@H]1OC[C@@H]2NC(=O)c1ccc(C(F)(F)F)cc1. The lowest BCUT2D eigenvalue weighted by atomic mass is 10.1. The molecule has 0 unspecified atom stereocenters. The fourth-order valence-electron chi connectivity index (χ4n) is 3.03. The van der Waals surface area contributed by atoms with Crippen LogP contribution in [-0.4, -0.2) is 63.2 Å². The van der Waals surface area contributed by atoms with Crippen LogP contribution < -0.4 is 5.32 Å². The molecule has 2 aliphatic heterocycles. The average molecular weight is 389 g/mol. The molecule has 10 heteroatoms. The van der Waals surface area contributed by atoms with Gasteiger partial charge in [-0.25, -0.2) is 4.79 Å². The van der Waals surface area contributed by atoms with Gasteiger partial charge in [-0.15, -0.1) is 0 Å². The molecule has 2 saturated heterocycles. The van der Waals surface area contributed by atoms with Gasteiger partial charge < -0.3 is 24.3 Å². The minimum absolute atomic E-state index is 0.0999. The molecule has 1 amide bonds. The van der Waals surface area contributed by atoms with Crippen LogP contribution in [0.5, 0.6) is 0 Å². The number of alkyl halides is 3. The number of methoxy groups -OCH3 is 1. The predicted molar refractivity (Wildman–Crippen MR) is 83.9 cm³/mol. The monoisotopic (exact) mass is 389 g/mol. The quantitative estimate of drug-likeness (QED) is 0.761. The van der Waals surface area contributed by atoms with Crippen molar-refractivity contribution in [2.45, 2.75) is 30.5 Å². The van der Waals surface area contributed by atoms with Crippen molar-refractivity contribution in [2.75, 3.05) is 26.9 Å². The minimum Gasteiger partial charge on any atom is -0.467 e. The van der Waals surface area contributed by atoms with Gasteiger partial charge in [0.25, 0.3) is 5.91 Å². The first-order valence-electron chi connectivity index (χ1n) is 8.19. The van der Waals surface area contributed by atoms with Crippen LogP contribution in [0.4, 0.5) is 13.2 Å². The summed E-state index contributed by atoms with van der Waals surface area (Å²) in [6.45, 7) is 0.123. The van der Waals surface area contributed by atoms with Gasteiger partial charge in [-0.05, 0) is 24.3 Å². The molecule has 3 rings (SSSR count). The van der Waals surface area contributed by atoms with Crippen LogP contribution >= 0.6 is 0 Å². The number of fused-ring (bicyclic) bond motifs is 1. The van der Waals surface area contributed by atoms with Gasteiger partial charge in [-0.2, -0.15) is 13.2 Å². The lowest BCUT2D eigenvalue weighted by Crippen LogP contribution is -2.44. The molecule has 4 atom stereocenters. The van der Waals surface area contributed by atoms with Crippen molar-refractivity contribution in [1.29, 1.82) is 0 Å². The van der Waals surface area contributed by atoms with Gasteiger partial charge in [-0.1, -0.05) is 0 Å². The van der Waals surface area contributed by atoms with E-state index in [-0.39, 0.29) is 25.4 Å². The number of amides is 1. The van der Waals surface area contributed by atoms with Crippen LogP contribution in [0.3, 0.4) is 0 Å². The van der Waals surface area contributed by atoms with E-state index in [0.29, 0.717) is 0 Å². The van der Waals surface area contributed by atoms with E-state index >= 15 is 0 Å². The minimum atomic E-state index is -4.46. The first-order chi connectivity index (χ1) is 12.8. The van der Waals surface area contributed by atoms with E-state index in [4.69, 9.17) is 14.2 Å². The van der Waals surface area contributed by atoms with E-state index in [1.165, 1.54) is 7.11 Å². The van der Waals surface area contributed by atoms with Gasteiger partial charge in [0, 0.05) is 5.56 Å². The zero-order valence-electron chi connectivity index (χ0n) is 14.3. The molecule has 0 aromatic heterocycles. The molecule has 1 aromatic carbocycles. The molecular formula is C17H18F3NO6. The highest BCUT2D eigenvalue weighted by molar-refractivity contribution is 5.94. The molecule has 148 valence electrons. The number of hydrogen-bond acceptors (Lipinski definition) is 6. The maximum atomic E-state index is 12.6. The van der Waals surface area contributed by atoms with Crippen molar-refractivity contribution in [3.05, 3.63) is 35.4 Å². The van der Waals surface area contributed by atoms with Crippen molar-refractivity contribution >= 4 is 11.9 Å². The molecule has 0 spiro atoms. The molecular weight excluding hydrogens is 371 g/mol. The van der Waals surface area contributed by atoms with Crippen molar-refractivity contribution < 1.29 is 41.7 Å². The molecule has 1 N–H and O–H groups in total. The van der Waals surface area contributed by atoms with E-state index in [1.54, 1.807) is 0 Å². The summed E-state index contributed by atoms with van der Waals surface area (Å²) in [4.78, 5) is 23.4. The number of esters is 1. The molecule has 0 radical (unpaired) electrons. The number of nitrogens with one attached hydrogen (secondary N) is 1. The Morgan fingerprint density at radius 3 is 2.44 bits per heavy atom. The topological polar surface area (TPSA) is 83.1 Å². The van der Waals surface area contributed by atoms with Gasteiger partial charge in [0.05, 0.1) is 31.9 Å². The highest BCUT2D eigenvalue weighted by atomic mass is 19.4. The zero-order chi connectivity index (χ0) is 19.6. The second kappa shape index (κ2) is 7.83. The van der Waals surface area contributed by atoms with E-state index < -0.39 is 48.0 Å². The maximum absolute atomic E-state index is 12.6. The van der Waals surface area contributed by atoms with Crippen molar-refractivity contribution in [1.82, 2.24) is 5.32 Å². The molecule has 0 saturated carbocycles. The highest BCUT2D eigenvalue weighted by Gasteiger charge is 2.49. The molecule has 2 aliphatic rings. The smallest absolute Gasteiger partial charge is 0.416 e. The van der Waals surface area contributed by atoms with Gasteiger partial charge in [0.2, 0.25) is 0 Å². The van der Waals surface area contributed by atoms with Gasteiger partial charge >= 0.3 is 12.1 Å². The second-order valence-electron chi connectivity index (χ2n) is 6.18. The van der Waals surface area contributed by atoms with Crippen molar-refractivity contribution in [3.8, 4) is 0 Å². The Balaban J connectivity index is 1.56. The Hall–Kier alpha value is -2.17. The summed E-state index contributed by atoms with van der Waals surface area (Å²) in [6.07, 6.45) is -5.85. The van der Waals surface area contributed by atoms with Crippen LogP contribution in [0.25, 0.3) is 0 Å². The highest BCUT2D eigenvalue weighted by Crippen LogP contribution is 2.30. The molecule has 27 heavy (non-hydrogen) atoms. The first kappa shape index (κ1) is 19.6. The summed E-state index contributed by atoms with van der Waals surface area (Å²) in [5, 5.41) is 2.70. The summed E-state index contributed by atoms with van der Waals surface area (Å²) < 4.78 is 58.9. The number of carbonyl (C=O) groups is 2. The lowest BCUT2D eigenvalue weighted by molar-refractivity contribution is -0.150.